The molecule has 0 unspecified atom stereocenters. The number of carboxylic acids is 1. The normalized spacial score (nSPS) is 14.3. The molecule has 4 heterocycles. The molecular formula is C26H27F3N6O3. The number of carbonyl (C=O) groups is 2. The van der Waals surface area contributed by atoms with Gasteiger partial charge in [-0.05, 0) is 31.7 Å². The Morgan fingerprint density at radius 2 is 1.61 bits per heavy atom. The zero-order valence-corrected chi connectivity index (χ0v) is 20.9. The number of halogens is 3. The third kappa shape index (κ3) is 6.02. The van der Waals surface area contributed by atoms with E-state index in [1.807, 2.05) is 65.0 Å². The smallest absolute Gasteiger partial charge is 0.475 e. The third-order valence-corrected chi connectivity index (χ3v) is 6.18. The summed E-state index contributed by atoms with van der Waals surface area (Å²) in [4.78, 5) is 35.9. The highest BCUT2D eigenvalue weighted by Gasteiger charge is 2.38. The number of fused-ring (bicyclic) bond motifs is 1. The maximum absolute atomic E-state index is 13.3. The minimum absolute atomic E-state index is 0.0107. The van der Waals surface area contributed by atoms with Crippen LogP contribution in [0.5, 0.6) is 0 Å². The molecule has 38 heavy (non-hydrogen) atoms. The van der Waals surface area contributed by atoms with E-state index in [1.54, 1.807) is 0 Å². The Morgan fingerprint density at radius 3 is 2.24 bits per heavy atom. The molecule has 0 aliphatic carbocycles. The molecule has 1 fully saturated rings. The first-order valence-electron chi connectivity index (χ1n) is 11.9. The first kappa shape index (κ1) is 26.9. The standard InChI is InChI=1S/C24H26N6O.C2HF3O2/c1-18-25-20(17-29(18)16-19-8-4-3-5-9-19)23-26-22(21-10-6-7-11-30(21)23)24(31)28-14-12-27(2)13-15-28;3-2(4,5)1(6)7/h3-11,17H,12-16H2,1-2H3;(H,6,7). The fourth-order valence-corrected chi connectivity index (χ4v) is 4.09. The van der Waals surface area contributed by atoms with Crippen LogP contribution >= 0.6 is 0 Å². The van der Waals surface area contributed by atoms with E-state index in [9.17, 15) is 18.0 Å². The number of hydrogen-bond acceptors (Lipinski definition) is 5. The SMILES string of the molecule is Cc1nc(-c2nc(C(=O)N3CCN(C)CC3)c3ccccn23)cn1Cc1ccccc1.O=C(O)C(F)(F)F. The zero-order chi connectivity index (χ0) is 27.4. The van der Waals surface area contributed by atoms with Crippen molar-refractivity contribution < 1.29 is 27.9 Å². The topological polar surface area (TPSA) is 96.0 Å². The van der Waals surface area contributed by atoms with Gasteiger partial charge in [0.25, 0.3) is 5.91 Å². The first-order chi connectivity index (χ1) is 18.0. The summed E-state index contributed by atoms with van der Waals surface area (Å²) in [6.07, 6.45) is -1.11. The van der Waals surface area contributed by atoms with E-state index in [0.717, 1.165) is 49.8 Å². The summed E-state index contributed by atoms with van der Waals surface area (Å²) in [5.74, 6) is -1.16. The van der Waals surface area contributed by atoms with Crippen LogP contribution in [-0.2, 0) is 11.3 Å². The van der Waals surface area contributed by atoms with Crippen LogP contribution < -0.4 is 0 Å². The van der Waals surface area contributed by atoms with Crippen LogP contribution in [0.2, 0.25) is 0 Å². The molecule has 200 valence electrons. The van der Waals surface area contributed by atoms with Crippen molar-refractivity contribution in [2.75, 3.05) is 33.2 Å². The molecular weight excluding hydrogens is 501 g/mol. The number of benzene rings is 1. The Labute approximate surface area is 216 Å². The molecule has 1 aliphatic rings. The predicted molar refractivity (Wildman–Crippen MR) is 134 cm³/mol. The number of alkyl halides is 3. The van der Waals surface area contributed by atoms with Gasteiger partial charge in [-0.1, -0.05) is 36.4 Å². The van der Waals surface area contributed by atoms with E-state index < -0.39 is 12.1 Å². The number of pyridine rings is 1. The van der Waals surface area contributed by atoms with E-state index >= 15 is 0 Å². The number of amides is 1. The molecule has 0 radical (unpaired) electrons. The number of imidazole rings is 2. The Morgan fingerprint density at radius 1 is 0.974 bits per heavy atom. The van der Waals surface area contributed by atoms with Crippen molar-refractivity contribution in [3.8, 4) is 11.5 Å². The molecule has 1 aliphatic heterocycles. The number of carbonyl (C=O) groups excluding carboxylic acids is 1. The first-order valence-corrected chi connectivity index (χ1v) is 11.9. The van der Waals surface area contributed by atoms with Gasteiger partial charge in [-0.25, -0.2) is 14.8 Å². The van der Waals surface area contributed by atoms with Crippen molar-refractivity contribution in [1.29, 1.82) is 0 Å². The van der Waals surface area contributed by atoms with Crippen LogP contribution in [0, 0.1) is 6.92 Å². The van der Waals surface area contributed by atoms with Gasteiger partial charge < -0.3 is 19.5 Å². The lowest BCUT2D eigenvalue weighted by Crippen LogP contribution is -2.47. The number of rotatable bonds is 4. The van der Waals surface area contributed by atoms with Crippen LogP contribution in [0.25, 0.3) is 17.0 Å². The molecule has 9 nitrogen and oxygen atoms in total. The van der Waals surface area contributed by atoms with Crippen LogP contribution in [0.4, 0.5) is 13.2 Å². The Bertz CT molecular complexity index is 1420. The van der Waals surface area contributed by atoms with Crippen molar-refractivity contribution >= 4 is 17.4 Å². The molecule has 1 N–H and O–H groups in total. The van der Waals surface area contributed by atoms with Gasteiger partial charge in [0.2, 0.25) is 0 Å². The Hall–Kier alpha value is -4.19. The monoisotopic (exact) mass is 528 g/mol. The molecule has 0 spiro atoms. The second kappa shape index (κ2) is 11.1. The fraction of sp³-hybridized carbons (Fsp3) is 0.308. The Kier molecular flexibility index (Phi) is 7.81. The van der Waals surface area contributed by atoms with Crippen molar-refractivity contribution in [3.63, 3.8) is 0 Å². The lowest BCUT2D eigenvalue weighted by molar-refractivity contribution is -0.192. The third-order valence-electron chi connectivity index (χ3n) is 6.18. The van der Waals surface area contributed by atoms with Gasteiger partial charge in [-0.15, -0.1) is 0 Å². The highest BCUT2D eigenvalue weighted by molar-refractivity contribution is 6.00. The number of nitrogens with zero attached hydrogens (tertiary/aromatic N) is 6. The van der Waals surface area contributed by atoms with Gasteiger partial charge in [0.15, 0.2) is 11.5 Å². The van der Waals surface area contributed by atoms with Crippen LogP contribution in [0.3, 0.4) is 0 Å². The summed E-state index contributed by atoms with van der Waals surface area (Å²) in [7, 11) is 2.08. The summed E-state index contributed by atoms with van der Waals surface area (Å²) in [5.41, 5.74) is 3.30. The lowest BCUT2D eigenvalue weighted by atomic mass is 10.2. The van der Waals surface area contributed by atoms with Gasteiger partial charge in [0, 0.05) is 45.1 Å². The van der Waals surface area contributed by atoms with E-state index in [1.165, 1.54) is 5.56 Å². The number of carboxylic acid groups (broad SMARTS) is 1. The lowest BCUT2D eigenvalue weighted by Gasteiger charge is -2.32. The Balaban J connectivity index is 0.000000426. The molecule has 12 heteroatoms. The molecule has 4 aromatic rings. The minimum Gasteiger partial charge on any atom is -0.475 e. The molecule has 1 amide bonds. The number of aromatic nitrogens is 4. The van der Waals surface area contributed by atoms with E-state index in [4.69, 9.17) is 19.9 Å². The molecule has 0 bridgehead atoms. The van der Waals surface area contributed by atoms with Gasteiger partial charge >= 0.3 is 12.1 Å². The fourth-order valence-electron chi connectivity index (χ4n) is 4.09. The molecule has 0 saturated carbocycles. The number of aryl methyl sites for hydroxylation is 1. The molecule has 1 aromatic carbocycles. The summed E-state index contributed by atoms with van der Waals surface area (Å²) in [6, 6.07) is 16.2. The van der Waals surface area contributed by atoms with Crippen LogP contribution in [0.1, 0.15) is 21.9 Å². The second-order valence-corrected chi connectivity index (χ2v) is 8.93. The zero-order valence-electron chi connectivity index (χ0n) is 20.9. The average molecular weight is 529 g/mol. The van der Waals surface area contributed by atoms with Crippen molar-refractivity contribution in [2.24, 2.45) is 0 Å². The predicted octanol–water partition coefficient (Wildman–Crippen LogP) is 3.58. The van der Waals surface area contributed by atoms with E-state index in [-0.39, 0.29) is 5.91 Å². The van der Waals surface area contributed by atoms with Crippen molar-refractivity contribution in [1.82, 2.24) is 28.7 Å². The minimum atomic E-state index is -5.08. The summed E-state index contributed by atoms with van der Waals surface area (Å²) >= 11 is 0. The van der Waals surface area contributed by atoms with Crippen LogP contribution in [0.15, 0.2) is 60.9 Å². The molecule has 3 aromatic heterocycles. The second-order valence-electron chi connectivity index (χ2n) is 8.93. The van der Waals surface area contributed by atoms with Crippen molar-refractivity contribution in [3.05, 3.63) is 78.0 Å². The number of hydrogen-bond donors (Lipinski definition) is 1. The number of likely N-dealkylation sites (N-methyl/N-ethyl adjacent to an activating group) is 1. The summed E-state index contributed by atoms with van der Waals surface area (Å²) < 4.78 is 35.8. The van der Waals surface area contributed by atoms with Gasteiger partial charge in [0.05, 0.1) is 5.52 Å². The van der Waals surface area contributed by atoms with Gasteiger partial charge in [0.1, 0.15) is 11.5 Å². The molecule has 0 atom stereocenters. The molecule has 5 rings (SSSR count). The summed E-state index contributed by atoms with van der Waals surface area (Å²) in [6.45, 7) is 5.96. The van der Waals surface area contributed by atoms with Gasteiger partial charge in [-0.3, -0.25) is 9.20 Å². The van der Waals surface area contributed by atoms with E-state index in [0.29, 0.717) is 11.5 Å². The van der Waals surface area contributed by atoms with Crippen molar-refractivity contribution in [2.45, 2.75) is 19.6 Å². The average Bonchev–Trinajstić information content (AvgIpc) is 3.45. The quantitative estimate of drug-likeness (QED) is 0.435. The number of aliphatic carboxylic acids is 1. The van der Waals surface area contributed by atoms with E-state index in [2.05, 4.69) is 28.6 Å². The highest BCUT2D eigenvalue weighted by atomic mass is 19.4. The summed E-state index contributed by atoms with van der Waals surface area (Å²) in [5, 5.41) is 7.12. The highest BCUT2D eigenvalue weighted by Crippen LogP contribution is 2.24. The number of piperazine rings is 1. The largest absolute Gasteiger partial charge is 0.490 e. The maximum Gasteiger partial charge on any atom is 0.490 e. The maximum atomic E-state index is 13.3. The van der Waals surface area contributed by atoms with Gasteiger partial charge in [-0.2, -0.15) is 13.2 Å². The van der Waals surface area contributed by atoms with Crippen LogP contribution in [-0.4, -0.2) is 85.1 Å². The molecule has 1 saturated heterocycles.